The number of carbonyl (C=O) groups is 2. The topological polar surface area (TPSA) is 66.8 Å². The summed E-state index contributed by atoms with van der Waals surface area (Å²) in [4.78, 5) is 23.7. The molecule has 4 rings (SSSR count). The van der Waals surface area contributed by atoms with E-state index in [4.69, 9.17) is 14.2 Å². The highest BCUT2D eigenvalue weighted by molar-refractivity contribution is 5.94. The summed E-state index contributed by atoms with van der Waals surface area (Å²) in [7, 11) is 1.30. The Morgan fingerprint density at radius 3 is 2.77 bits per heavy atom. The lowest BCUT2D eigenvalue weighted by Gasteiger charge is -2.33. The molecule has 26 heavy (non-hydrogen) atoms. The van der Waals surface area contributed by atoms with Crippen LogP contribution in [0, 0.1) is 5.82 Å². The molecule has 2 aromatic rings. The van der Waals surface area contributed by atoms with Gasteiger partial charge in [0.25, 0.3) is 5.79 Å². The first kappa shape index (κ1) is 16.4. The number of ether oxygens (including phenoxy) is 3. The molecule has 3 heterocycles. The molecule has 0 bridgehead atoms. The van der Waals surface area contributed by atoms with Gasteiger partial charge in [0, 0.05) is 35.5 Å². The van der Waals surface area contributed by atoms with Crippen molar-refractivity contribution in [1.82, 2.24) is 4.57 Å². The van der Waals surface area contributed by atoms with Crippen LogP contribution in [-0.4, -0.2) is 29.7 Å². The molecule has 0 N–H and O–H groups in total. The quantitative estimate of drug-likeness (QED) is 0.624. The molecule has 0 aliphatic carbocycles. The van der Waals surface area contributed by atoms with Crippen molar-refractivity contribution >= 4 is 12.3 Å². The second kappa shape index (κ2) is 6.01. The van der Waals surface area contributed by atoms with E-state index in [0.717, 1.165) is 0 Å². The average Bonchev–Trinajstić information content (AvgIpc) is 3.26. The molecule has 134 valence electrons. The number of fused-ring (bicyclic) bond motifs is 1. The number of nitrogens with zero attached hydrogens (tertiary/aromatic N) is 1. The number of aromatic nitrogens is 1. The molecule has 2 aliphatic rings. The Bertz CT molecular complexity index is 922. The zero-order valence-electron chi connectivity index (χ0n) is 14.0. The van der Waals surface area contributed by atoms with Crippen LogP contribution in [-0.2, 0) is 27.2 Å². The Balaban J connectivity index is 1.88. The number of methoxy groups -OCH3 is 1. The first-order chi connectivity index (χ1) is 12.6. The van der Waals surface area contributed by atoms with Crippen LogP contribution in [0.2, 0.25) is 0 Å². The molecule has 1 aromatic heterocycles. The largest absolute Gasteiger partial charge is 0.465 e. The van der Waals surface area contributed by atoms with E-state index in [1.165, 1.54) is 37.8 Å². The van der Waals surface area contributed by atoms with Crippen molar-refractivity contribution in [3.8, 4) is 11.3 Å². The van der Waals surface area contributed by atoms with Crippen molar-refractivity contribution < 1.29 is 28.2 Å². The molecule has 0 saturated heterocycles. The van der Waals surface area contributed by atoms with Crippen LogP contribution in [0.5, 0.6) is 0 Å². The molecule has 0 atom stereocenters. The third kappa shape index (κ3) is 2.47. The molecule has 2 aliphatic heterocycles. The van der Waals surface area contributed by atoms with E-state index in [2.05, 4.69) is 0 Å². The maximum Gasteiger partial charge on any atom is 0.339 e. The van der Waals surface area contributed by atoms with Crippen LogP contribution in [0.3, 0.4) is 0 Å². The van der Waals surface area contributed by atoms with Crippen LogP contribution in [0.15, 0.2) is 36.8 Å². The fraction of sp³-hybridized carbons (Fsp3) is 0.263. The van der Waals surface area contributed by atoms with Gasteiger partial charge in [-0.25, -0.2) is 9.18 Å². The summed E-state index contributed by atoms with van der Waals surface area (Å²) in [6, 6.07) is 5.58. The maximum atomic E-state index is 13.8. The molecular formula is C19H16FNO5. The molecular weight excluding hydrogens is 341 g/mol. The summed E-state index contributed by atoms with van der Waals surface area (Å²) in [5.74, 6) is -1.81. The summed E-state index contributed by atoms with van der Waals surface area (Å²) < 4.78 is 31.8. The van der Waals surface area contributed by atoms with Gasteiger partial charge in [-0.1, -0.05) is 0 Å². The Morgan fingerprint density at radius 1 is 1.31 bits per heavy atom. The van der Waals surface area contributed by atoms with Gasteiger partial charge in [-0.15, -0.1) is 0 Å². The lowest BCUT2D eigenvalue weighted by molar-refractivity contribution is -0.154. The average molecular weight is 357 g/mol. The number of rotatable bonds is 3. The number of carbonyl (C=O) groups excluding carboxylic acids is 2. The van der Waals surface area contributed by atoms with Gasteiger partial charge < -0.3 is 18.8 Å². The highest BCUT2D eigenvalue weighted by Crippen LogP contribution is 2.39. The molecule has 0 amide bonds. The fourth-order valence-corrected chi connectivity index (χ4v) is 3.56. The van der Waals surface area contributed by atoms with E-state index in [1.807, 2.05) is 4.57 Å². The molecule has 6 nitrogen and oxygen atoms in total. The van der Waals surface area contributed by atoms with E-state index in [0.29, 0.717) is 53.8 Å². The second-order valence-electron chi connectivity index (χ2n) is 6.23. The number of benzene rings is 1. The minimum absolute atomic E-state index is 0.330. The summed E-state index contributed by atoms with van der Waals surface area (Å²) in [5, 5.41) is 0. The standard InChI is InChI=1S/C19H16FNO5/c1-24-18(23)15-9-16(14-8-13(20)3-2-12(14)11-22)21-5-4-19(10-17(15)21)25-6-7-26-19/h2-3,6-9,11H,4-5,10H2,1H3. The van der Waals surface area contributed by atoms with Crippen molar-refractivity contribution in [2.24, 2.45) is 0 Å². The summed E-state index contributed by atoms with van der Waals surface area (Å²) in [5.41, 5.74) is 2.38. The van der Waals surface area contributed by atoms with Crippen molar-refractivity contribution in [3.63, 3.8) is 0 Å². The minimum atomic E-state index is -0.843. The molecule has 1 aromatic carbocycles. The molecule has 0 fully saturated rings. The number of hydrogen-bond acceptors (Lipinski definition) is 5. The van der Waals surface area contributed by atoms with Gasteiger partial charge in [0.2, 0.25) is 0 Å². The van der Waals surface area contributed by atoms with Crippen molar-refractivity contribution in [3.05, 3.63) is 59.4 Å². The molecule has 0 unspecified atom stereocenters. The summed E-state index contributed by atoms with van der Waals surface area (Å²) >= 11 is 0. The first-order valence-electron chi connectivity index (χ1n) is 8.13. The van der Waals surface area contributed by atoms with E-state index in [1.54, 1.807) is 6.07 Å². The van der Waals surface area contributed by atoms with Crippen molar-refractivity contribution in [1.29, 1.82) is 0 Å². The molecule has 0 saturated carbocycles. The van der Waals surface area contributed by atoms with E-state index in [-0.39, 0.29) is 0 Å². The SMILES string of the molecule is COC(=O)c1cc(-c2cc(F)ccc2C=O)n2c1CC1(CC2)OC=CO1. The minimum Gasteiger partial charge on any atom is -0.465 e. The van der Waals surface area contributed by atoms with Gasteiger partial charge in [-0.3, -0.25) is 4.79 Å². The van der Waals surface area contributed by atoms with E-state index < -0.39 is 17.6 Å². The van der Waals surface area contributed by atoms with Gasteiger partial charge >= 0.3 is 5.97 Å². The van der Waals surface area contributed by atoms with Gasteiger partial charge in [0.1, 0.15) is 18.3 Å². The van der Waals surface area contributed by atoms with Gasteiger partial charge in [-0.05, 0) is 24.3 Å². The number of esters is 1. The fourth-order valence-electron chi connectivity index (χ4n) is 3.56. The molecule has 1 spiro atoms. The Labute approximate surface area is 148 Å². The lowest BCUT2D eigenvalue weighted by Crippen LogP contribution is -2.39. The number of aldehydes is 1. The molecule has 0 radical (unpaired) electrons. The third-order valence-electron chi connectivity index (χ3n) is 4.81. The lowest BCUT2D eigenvalue weighted by atomic mass is 10.00. The predicted molar refractivity (Wildman–Crippen MR) is 88.9 cm³/mol. The smallest absolute Gasteiger partial charge is 0.339 e. The van der Waals surface area contributed by atoms with Crippen molar-refractivity contribution in [2.45, 2.75) is 25.2 Å². The van der Waals surface area contributed by atoms with Crippen LogP contribution in [0.1, 0.15) is 32.8 Å². The normalized spacial score (nSPS) is 16.7. The Hall–Kier alpha value is -3.09. The molecule has 7 heteroatoms. The first-order valence-corrected chi connectivity index (χ1v) is 8.13. The van der Waals surface area contributed by atoms with Crippen molar-refractivity contribution in [2.75, 3.05) is 7.11 Å². The zero-order chi connectivity index (χ0) is 18.3. The predicted octanol–water partition coefficient (Wildman–Crippen LogP) is 3.05. The van der Waals surface area contributed by atoms with Gasteiger partial charge in [0.05, 0.1) is 19.1 Å². The van der Waals surface area contributed by atoms with Crippen LogP contribution in [0.4, 0.5) is 4.39 Å². The summed E-state index contributed by atoms with van der Waals surface area (Å²) in [6.45, 7) is 0.484. The highest BCUT2D eigenvalue weighted by Gasteiger charge is 2.42. The number of hydrogen-bond donors (Lipinski definition) is 0. The third-order valence-corrected chi connectivity index (χ3v) is 4.81. The number of halogens is 1. The van der Waals surface area contributed by atoms with Crippen LogP contribution >= 0.6 is 0 Å². The van der Waals surface area contributed by atoms with E-state index in [9.17, 15) is 14.0 Å². The monoisotopic (exact) mass is 357 g/mol. The zero-order valence-corrected chi connectivity index (χ0v) is 14.0. The summed E-state index contributed by atoms with van der Waals surface area (Å²) in [6.07, 6.45) is 4.50. The van der Waals surface area contributed by atoms with E-state index >= 15 is 0 Å². The Morgan fingerprint density at radius 2 is 2.08 bits per heavy atom. The highest BCUT2D eigenvalue weighted by atomic mass is 19.1. The maximum absolute atomic E-state index is 13.8. The Kier molecular flexibility index (Phi) is 3.79. The van der Waals surface area contributed by atoms with Crippen LogP contribution < -0.4 is 0 Å². The van der Waals surface area contributed by atoms with Gasteiger partial charge in [0.15, 0.2) is 6.29 Å². The second-order valence-corrected chi connectivity index (χ2v) is 6.23. The van der Waals surface area contributed by atoms with Crippen LogP contribution in [0.25, 0.3) is 11.3 Å². The van der Waals surface area contributed by atoms with Gasteiger partial charge in [-0.2, -0.15) is 0 Å².